The lowest BCUT2D eigenvalue weighted by Gasteiger charge is -2.23. The van der Waals surface area contributed by atoms with Gasteiger partial charge in [0, 0.05) is 6.54 Å². The highest BCUT2D eigenvalue weighted by atomic mass is 19.4. The molecule has 0 saturated heterocycles. The third-order valence-corrected chi connectivity index (χ3v) is 1.37. The zero-order chi connectivity index (χ0) is 9.83. The molecule has 0 rings (SSSR count). The van der Waals surface area contributed by atoms with Crippen molar-refractivity contribution in [1.82, 2.24) is 0 Å². The Hall–Kier alpha value is -0.290. The Morgan fingerprint density at radius 2 is 1.75 bits per heavy atom. The fourth-order valence-electron chi connectivity index (χ4n) is 0.502. The van der Waals surface area contributed by atoms with Crippen LogP contribution in [0, 0.1) is 0 Å². The van der Waals surface area contributed by atoms with Crippen LogP contribution < -0.4 is 5.73 Å². The lowest BCUT2D eigenvalue weighted by Crippen LogP contribution is -2.35. The van der Waals surface area contributed by atoms with Crippen LogP contribution in [0.1, 0.15) is 20.3 Å². The number of ether oxygens (including phenoxy) is 1. The van der Waals surface area contributed by atoms with Crippen molar-refractivity contribution in [2.45, 2.75) is 32.0 Å². The molecular formula is C7H14F3NO. The van der Waals surface area contributed by atoms with E-state index in [9.17, 15) is 13.2 Å². The predicted molar refractivity (Wildman–Crippen MR) is 39.8 cm³/mol. The van der Waals surface area contributed by atoms with E-state index in [0.29, 0.717) is 0 Å². The molecular weight excluding hydrogens is 171 g/mol. The van der Waals surface area contributed by atoms with Crippen molar-refractivity contribution in [1.29, 1.82) is 0 Å². The maximum absolute atomic E-state index is 11.6. The molecule has 0 aliphatic heterocycles. The summed E-state index contributed by atoms with van der Waals surface area (Å²) in [5.41, 5.74) is 4.59. The van der Waals surface area contributed by atoms with Crippen molar-refractivity contribution in [2.75, 3.05) is 13.2 Å². The predicted octanol–water partition coefficient (Wildman–Crippen LogP) is 1.69. The third-order valence-electron chi connectivity index (χ3n) is 1.37. The van der Waals surface area contributed by atoms with Gasteiger partial charge in [-0.15, -0.1) is 0 Å². The highest BCUT2D eigenvalue weighted by Gasteiger charge is 2.28. The lowest BCUT2D eigenvalue weighted by molar-refractivity contribution is -0.154. The fraction of sp³-hybridized carbons (Fsp3) is 1.00. The van der Waals surface area contributed by atoms with Crippen LogP contribution in [0.5, 0.6) is 0 Å². The first kappa shape index (κ1) is 11.7. The van der Waals surface area contributed by atoms with Crippen molar-refractivity contribution in [3.8, 4) is 0 Å². The molecule has 0 saturated carbocycles. The second kappa shape index (κ2) is 4.09. The smallest absolute Gasteiger partial charge is 0.374 e. The van der Waals surface area contributed by atoms with Gasteiger partial charge in [-0.25, -0.2) is 0 Å². The quantitative estimate of drug-likeness (QED) is 0.723. The van der Waals surface area contributed by atoms with Gasteiger partial charge in [0.15, 0.2) is 0 Å². The van der Waals surface area contributed by atoms with Gasteiger partial charge in [0.2, 0.25) is 0 Å². The van der Waals surface area contributed by atoms with Crippen LogP contribution in [-0.4, -0.2) is 24.9 Å². The van der Waals surface area contributed by atoms with Crippen LogP contribution in [-0.2, 0) is 4.74 Å². The van der Waals surface area contributed by atoms with Crippen molar-refractivity contribution in [3.05, 3.63) is 0 Å². The Morgan fingerprint density at radius 1 is 1.25 bits per heavy atom. The minimum Gasteiger partial charge on any atom is -0.374 e. The van der Waals surface area contributed by atoms with E-state index in [1.54, 1.807) is 13.8 Å². The van der Waals surface area contributed by atoms with Gasteiger partial charge in [0.05, 0.1) is 18.6 Å². The van der Waals surface area contributed by atoms with E-state index in [-0.39, 0.29) is 13.2 Å². The Labute approximate surface area is 69.9 Å². The molecule has 0 amide bonds. The highest BCUT2D eigenvalue weighted by Crippen LogP contribution is 2.20. The minimum absolute atomic E-state index is 0.213. The molecule has 0 aromatic carbocycles. The number of hydrogen-bond acceptors (Lipinski definition) is 2. The molecule has 0 bridgehead atoms. The summed E-state index contributed by atoms with van der Waals surface area (Å²) >= 11 is 0. The molecule has 0 spiro atoms. The Balaban J connectivity index is 3.57. The summed E-state index contributed by atoms with van der Waals surface area (Å²) in [6.07, 6.45) is -5.07. The molecule has 0 aromatic rings. The molecule has 0 aliphatic carbocycles. The standard InChI is InChI=1S/C7H14F3NO/c1-6(2,5-11)12-4-3-7(8,9)10/h3-5,11H2,1-2H3. The van der Waals surface area contributed by atoms with E-state index in [2.05, 4.69) is 0 Å². The van der Waals surface area contributed by atoms with Crippen LogP contribution >= 0.6 is 0 Å². The fourth-order valence-corrected chi connectivity index (χ4v) is 0.502. The van der Waals surface area contributed by atoms with Crippen molar-refractivity contribution < 1.29 is 17.9 Å². The second-order valence-corrected chi connectivity index (χ2v) is 3.18. The molecule has 0 unspecified atom stereocenters. The summed E-state index contributed by atoms with van der Waals surface area (Å²) < 4.78 is 39.8. The zero-order valence-electron chi connectivity index (χ0n) is 7.24. The van der Waals surface area contributed by atoms with Crippen molar-refractivity contribution >= 4 is 0 Å². The maximum Gasteiger partial charge on any atom is 0.391 e. The van der Waals surface area contributed by atoms with Gasteiger partial charge < -0.3 is 10.5 Å². The van der Waals surface area contributed by atoms with Gasteiger partial charge in [-0.3, -0.25) is 0 Å². The van der Waals surface area contributed by atoms with Gasteiger partial charge in [0.25, 0.3) is 0 Å². The molecule has 0 heterocycles. The molecule has 0 radical (unpaired) electrons. The molecule has 12 heavy (non-hydrogen) atoms. The van der Waals surface area contributed by atoms with E-state index in [4.69, 9.17) is 10.5 Å². The summed E-state index contributed by atoms with van der Waals surface area (Å²) in [6, 6.07) is 0. The summed E-state index contributed by atoms with van der Waals surface area (Å²) in [5, 5.41) is 0. The van der Waals surface area contributed by atoms with Gasteiger partial charge in [-0.2, -0.15) is 13.2 Å². The Morgan fingerprint density at radius 3 is 2.08 bits per heavy atom. The van der Waals surface area contributed by atoms with Gasteiger partial charge in [0.1, 0.15) is 0 Å². The Bertz CT molecular complexity index is 133. The van der Waals surface area contributed by atoms with Crippen LogP contribution in [0.15, 0.2) is 0 Å². The van der Waals surface area contributed by atoms with Crippen molar-refractivity contribution in [2.24, 2.45) is 5.73 Å². The normalized spacial score (nSPS) is 13.5. The third kappa shape index (κ3) is 6.42. The number of halogens is 3. The molecule has 0 aliphatic rings. The number of rotatable bonds is 4. The Kier molecular flexibility index (Phi) is 3.99. The lowest BCUT2D eigenvalue weighted by atomic mass is 10.1. The summed E-state index contributed by atoms with van der Waals surface area (Å²) in [6.45, 7) is 3.20. The molecule has 0 atom stereocenters. The molecule has 2 nitrogen and oxygen atoms in total. The van der Waals surface area contributed by atoms with Gasteiger partial charge in [-0.05, 0) is 13.8 Å². The van der Waals surface area contributed by atoms with E-state index in [1.165, 1.54) is 0 Å². The second-order valence-electron chi connectivity index (χ2n) is 3.18. The van der Waals surface area contributed by atoms with Crippen LogP contribution in [0.3, 0.4) is 0 Å². The topological polar surface area (TPSA) is 35.2 Å². The van der Waals surface area contributed by atoms with E-state index >= 15 is 0 Å². The molecule has 2 N–H and O–H groups in total. The SMILES string of the molecule is CC(C)(CN)OCCC(F)(F)F. The van der Waals surface area contributed by atoms with Crippen LogP contribution in [0.2, 0.25) is 0 Å². The number of nitrogens with two attached hydrogens (primary N) is 1. The zero-order valence-corrected chi connectivity index (χ0v) is 7.24. The van der Waals surface area contributed by atoms with E-state index < -0.39 is 18.2 Å². The van der Waals surface area contributed by atoms with E-state index in [0.717, 1.165) is 0 Å². The molecule has 74 valence electrons. The molecule has 0 fully saturated rings. The number of alkyl halides is 3. The monoisotopic (exact) mass is 185 g/mol. The molecule has 0 aromatic heterocycles. The van der Waals surface area contributed by atoms with Gasteiger partial charge in [-0.1, -0.05) is 0 Å². The first-order valence-electron chi connectivity index (χ1n) is 3.68. The first-order valence-corrected chi connectivity index (χ1v) is 3.68. The first-order chi connectivity index (χ1) is 5.27. The van der Waals surface area contributed by atoms with Crippen molar-refractivity contribution in [3.63, 3.8) is 0 Å². The van der Waals surface area contributed by atoms with Crippen LogP contribution in [0.25, 0.3) is 0 Å². The maximum atomic E-state index is 11.6. The summed E-state index contributed by atoms with van der Waals surface area (Å²) in [4.78, 5) is 0. The van der Waals surface area contributed by atoms with E-state index in [1.807, 2.05) is 0 Å². The summed E-state index contributed by atoms with van der Waals surface area (Å²) in [5.74, 6) is 0. The largest absolute Gasteiger partial charge is 0.391 e. The average molecular weight is 185 g/mol. The van der Waals surface area contributed by atoms with Gasteiger partial charge >= 0.3 is 6.18 Å². The van der Waals surface area contributed by atoms with Crippen LogP contribution in [0.4, 0.5) is 13.2 Å². The molecule has 5 heteroatoms. The summed E-state index contributed by atoms with van der Waals surface area (Å²) in [7, 11) is 0. The number of hydrogen-bond donors (Lipinski definition) is 1. The highest BCUT2D eigenvalue weighted by molar-refractivity contribution is 4.68. The minimum atomic E-state index is -4.15. The average Bonchev–Trinajstić information content (AvgIpc) is 1.84.